The number of carboxylic acids is 1. The van der Waals surface area contributed by atoms with Crippen LogP contribution >= 0.6 is 0 Å². The number of aromatic carboxylic acids is 1. The van der Waals surface area contributed by atoms with Gasteiger partial charge >= 0.3 is 5.97 Å². The third kappa shape index (κ3) is 3.08. The standard InChI is InChI=1S/C19H19NO5/c1-10-7-16(25-2)14(19(23)24)9-13(10)18(22)20-15-8-11-5-3-4-6-12(11)17(15)21/h3-7,9,15,17,21H,8H2,1-2H3,(H,20,22)(H,23,24)/t15-,17-/m1/s1. The second-order valence-electron chi connectivity index (χ2n) is 6.10. The Balaban J connectivity index is 1.85. The average molecular weight is 341 g/mol. The minimum Gasteiger partial charge on any atom is -0.496 e. The summed E-state index contributed by atoms with van der Waals surface area (Å²) in [4.78, 5) is 24.0. The van der Waals surface area contributed by atoms with E-state index in [1.165, 1.54) is 19.2 Å². The molecule has 2 aromatic rings. The fraction of sp³-hybridized carbons (Fsp3) is 0.263. The molecule has 0 aliphatic heterocycles. The molecule has 0 unspecified atom stereocenters. The van der Waals surface area contributed by atoms with Gasteiger partial charge in [-0.15, -0.1) is 0 Å². The van der Waals surface area contributed by atoms with E-state index in [9.17, 15) is 19.8 Å². The number of ether oxygens (including phenoxy) is 1. The van der Waals surface area contributed by atoms with Crippen LogP contribution in [0.25, 0.3) is 0 Å². The van der Waals surface area contributed by atoms with Gasteiger partial charge in [-0.25, -0.2) is 4.79 Å². The maximum Gasteiger partial charge on any atom is 0.339 e. The van der Waals surface area contributed by atoms with Gasteiger partial charge in [0.05, 0.1) is 19.3 Å². The van der Waals surface area contributed by atoms with Crippen LogP contribution < -0.4 is 10.1 Å². The van der Waals surface area contributed by atoms with E-state index in [0.29, 0.717) is 12.0 Å². The lowest BCUT2D eigenvalue weighted by Crippen LogP contribution is -2.38. The molecule has 1 amide bonds. The highest BCUT2D eigenvalue weighted by molar-refractivity contribution is 6.00. The molecule has 0 heterocycles. The zero-order valence-corrected chi connectivity index (χ0v) is 13.9. The summed E-state index contributed by atoms with van der Waals surface area (Å²) < 4.78 is 5.06. The van der Waals surface area contributed by atoms with Crippen LogP contribution in [-0.4, -0.2) is 35.2 Å². The van der Waals surface area contributed by atoms with E-state index < -0.39 is 24.0 Å². The molecule has 0 saturated carbocycles. The van der Waals surface area contributed by atoms with Crippen molar-refractivity contribution in [2.24, 2.45) is 0 Å². The molecule has 6 nitrogen and oxygen atoms in total. The highest BCUT2D eigenvalue weighted by Crippen LogP contribution is 2.31. The van der Waals surface area contributed by atoms with Crippen molar-refractivity contribution in [2.75, 3.05) is 7.11 Å². The monoisotopic (exact) mass is 341 g/mol. The number of methoxy groups -OCH3 is 1. The molecule has 0 saturated heterocycles. The Morgan fingerprint density at radius 3 is 2.56 bits per heavy atom. The lowest BCUT2D eigenvalue weighted by molar-refractivity contribution is 0.0693. The Labute approximate surface area is 145 Å². The number of carbonyl (C=O) groups excluding carboxylic acids is 1. The van der Waals surface area contributed by atoms with E-state index in [4.69, 9.17) is 4.74 Å². The Morgan fingerprint density at radius 2 is 1.92 bits per heavy atom. The van der Waals surface area contributed by atoms with Crippen LogP contribution in [0.3, 0.4) is 0 Å². The second kappa shape index (κ2) is 6.57. The fourth-order valence-corrected chi connectivity index (χ4v) is 3.21. The van der Waals surface area contributed by atoms with Gasteiger partial charge in [-0.05, 0) is 42.2 Å². The number of rotatable bonds is 4. The fourth-order valence-electron chi connectivity index (χ4n) is 3.21. The molecule has 0 aromatic heterocycles. The van der Waals surface area contributed by atoms with E-state index in [1.54, 1.807) is 6.92 Å². The highest BCUT2D eigenvalue weighted by Gasteiger charge is 2.32. The normalized spacial score (nSPS) is 18.5. The molecule has 1 aliphatic rings. The van der Waals surface area contributed by atoms with Gasteiger partial charge in [-0.2, -0.15) is 0 Å². The lowest BCUT2D eigenvalue weighted by Gasteiger charge is -2.18. The predicted octanol–water partition coefficient (Wildman–Crippen LogP) is 2.09. The van der Waals surface area contributed by atoms with Crippen molar-refractivity contribution in [2.45, 2.75) is 25.5 Å². The van der Waals surface area contributed by atoms with Gasteiger partial charge in [0.15, 0.2) is 0 Å². The van der Waals surface area contributed by atoms with Crippen molar-refractivity contribution in [1.82, 2.24) is 5.32 Å². The Morgan fingerprint density at radius 1 is 1.20 bits per heavy atom. The van der Waals surface area contributed by atoms with Crippen LogP contribution in [0.2, 0.25) is 0 Å². The first-order valence-electron chi connectivity index (χ1n) is 7.91. The molecule has 1 aliphatic carbocycles. The Bertz CT molecular complexity index is 846. The molecule has 0 spiro atoms. The van der Waals surface area contributed by atoms with Crippen molar-refractivity contribution >= 4 is 11.9 Å². The zero-order chi connectivity index (χ0) is 18.1. The van der Waals surface area contributed by atoms with Crippen molar-refractivity contribution in [3.8, 4) is 5.75 Å². The van der Waals surface area contributed by atoms with E-state index in [2.05, 4.69) is 5.32 Å². The molecule has 0 fully saturated rings. The van der Waals surface area contributed by atoms with Crippen LogP contribution in [0, 0.1) is 6.92 Å². The van der Waals surface area contributed by atoms with E-state index in [-0.39, 0.29) is 16.9 Å². The van der Waals surface area contributed by atoms with E-state index in [0.717, 1.165) is 11.1 Å². The number of hydrogen-bond acceptors (Lipinski definition) is 4. The van der Waals surface area contributed by atoms with E-state index in [1.807, 2.05) is 24.3 Å². The Kier molecular flexibility index (Phi) is 4.46. The number of amides is 1. The quantitative estimate of drug-likeness (QED) is 0.791. The number of aliphatic hydroxyl groups excluding tert-OH is 1. The number of carbonyl (C=O) groups is 2. The number of benzene rings is 2. The van der Waals surface area contributed by atoms with Crippen LogP contribution in [-0.2, 0) is 6.42 Å². The molecule has 2 aromatic carbocycles. The first kappa shape index (κ1) is 17.0. The van der Waals surface area contributed by atoms with Gasteiger partial charge in [-0.1, -0.05) is 24.3 Å². The van der Waals surface area contributed by atoms with Crippen molar-refractivity contribution in [3.63, 3.8) is 0 Å². The smallest absolute Gasteiger partial charge is 0.339 e. The molecule has 2 atom stereocenters. The van der Waals surface area contributed by atoms with Crippen LogP contribution in [0.4, 0.5) is 0 Å². The van der Waals surface area contributed by atoms with Crippen molar-refractivity contribution in [3.05, 3.63) is 64.2 Å². The Hall–Kier alpha value is -2.86. The first-order valence-corrected chi connectivity index (χ1v) is 7.91. The summed E-state index contributed by atoms with van der Waals surface area (Å²) in [5.41, 5.74) is 2.59. The minimum atomic E-state index is -1.17. The lowest BCUT2D eigenvalue weighted by atomic mass is 10.0. The third-order valence-electron chi connectivity index (χ3n) is 4.53. The van der Waals surface area contributed by atoms with Crippen molar-refractivity contribution in [1.29, 1.82) is 0 Å². The van der Waals surface area contributed by atoms with Gasteiger partial charge in [0.2, 0.25) is 0 Å². The number of hydrogen-bond donors (Lipinski definition) is 3. The maximum atomic E-state index is 12.6. The summed E-state index contributed by atoms with van der Waals surface area (Å²) in [7, 11) is 1.38. The van der Waals surface area contributed by atoms with Crippen LogP contribution in [0.15, 0.2) is 36.4 Å². The average Bonchev–Trinajstić information content (AvgIpc) is 2.90. The van der Waals surface area contributed by atoms with Gasteiger partial charge in [-0.3, -0.25) is 4.79 Å². The summed E-state index contributed by atoms with van der Waals surface area (Å²) in [6, 6.07) is 9.89. The maximum absolute atomic E-state index is 12.6. The van der Waals surface area contributed by atoms with Crippen LogP contribution in [0.1, 0.15) is 43.5 Å². The number of carboxylic acid groups (broad SMARTS) is 1. The predicted molar refractivity (Wildman–Crippen MR) is 91.1 cm³/mol. The molecular formula is C19H19NO5. The molecule has 130 valence electrons. The number of nitrogens with one attached hydrogen (secondary N) is 1. The number of aliphatic hydroxyl groups is 1. The molecule has 0 radical (unpaired) electrons. The van der Waals surface area contributed by atoms with Crippen LogP contribution in [0.5, 0.6) is 5.75 Å². The molecule has 3 rings (SSSR count). The summed E-state index contributed by atoms with van der Waals surface area (Å²) in [6.45, 7) is 1.71. The highest BCUT2D eigenvalue weighted by atomic mass is 16.5. The van der Waals surface area contributed by atoms with Gasteiger partial charge in [0.25, 0.3) is 5.91 Å². The zero-order valence-electron chi connectivity index (χ0n) is 13.9. The molecule has 6 heteroatoms. The SMILES string of the molecule is COc1cc(C)c(C(=O)N[C@@H]2Cc3ccccc3[C@H]2O)cc1C(=O)O. The molecule has 0 bridgehead atoms. The first-order chi connectivity index (χ1) is 11.9. The minimum absolute atomic E-state index is 0.0755. The van der Waals surface area contributed by atoms with Crippen molar-refractivity contribution < 1.29 is 24.5 Å². The largest absolute Gasteiger partial charge is 0.496 e. The molecular weight excluding hydrogens is 322 g/mol. The summed E-state index contributed by atoms with van der Waals surface area (Å²) >= 11 is 0. The van der Waals surface area contributed by atoms with Gasteiger partial charge in [0, 0.05) is 5.56 Å². The summed E-state index contributed by atoms with van der Waals surface area (Å²) in [6.07, 6.45) is -0.248. The summed E-state index contributed by atoms with van der Waals surface area (Å²) in [5.74, 6) is -1.38. The number of fused-ring (bicyclic) bond motifs is 1. The molecule has 25 heavy (non-hydrogen) atoms. The third-order valence-corrected chi connectivity index (χ3v) is 4.53. The second-order valence-corrected chi connectivity index (χ2v) is 6.10. The van der Waals surface area contributed by atoms with Gasteiger partial charge < -0.3 is 20.3 Å². The summed E-state index contributed by atoms with van der Waals surface area (Å²) in [5, 5.41) is 22.5. The van der Waals surface area contributed by atoms with Gasteiger partial charge in [0.1, 0.15) is 11.3 Å². The van der Waals surface area contributed by atoms with E-state index >= 15 is 0 Å². The number of aryl methyl sites for hydroxylation is 1. The molecule has 3 N–H and O–H groups in total. The topological polar surface area (TPSA) is 95.9 Å².